The highest BCUT2D eigenvalue weighted by molar-refractivity contribution is 8.01. The van der Waals surface area contributed by atoms with Gasteiger partial charge in [-0.15, -0.1) is 10.2 Å². The summed E-state index contributed by atoms with van der Waals surface area (Å²) in [6, 6.07) is 7.76. The predicted octanol–water partition coefficient (Wildman–Crippen LogP) is 2.22. The summed E-state index contributed by atoms with van der Waals surface area (Å²) in [5.74, 6) is 0.379. The molecule has 0 saturated carbocycles. The summed E-state index contributed by atoms with van der Waals surface area (Å²) in [6.45, 7) is 2.00. The second-order valence-corrected chi connectivity index (χ2v) is 9.42. The smallest absolute Gasteiger partial charge is 0.249 e. The van der Waals surface area contributed by atoms with Gasteiger partial charge in [-0.2, -0.15) is 4.31 Å². The van der Waals surface area contributed by atoms with Crippen LogP contribution in [0.15, 0.2) is 34.7 Å². The van der Waals surface area contributed by atoms with E-state index in [1.165, 1.54) is 30.1 Å². The van der Waals surface area contributed by atoms with E-state index in [2.05, 4.69) is 15.5 Å². The van der Waals surface area contributed by atoms with E-state index in [4.69, 9.17) is 0 Å². The van der Waals surface area contributed by atoms with Crippen molar-refractivity contribution in [3.8, 4) is 0 Å². The Hall–Kier alpha value is -1.49. The lowest BCUT2D eigenvalue weighted by Crippen LogP contribution is -2.38. The molecule has 0 bridgehead atoms. The molecule has 0 unspecified atom stereocenters. The molecule has 0 aliphatic rings. The molecule has 2 rings (SSSR count). The molecule has 1 N–H and O–H groups in total. The van der Waals surface area contributed by atoms with Crippen LogP contribution >= 0.6 is 23.1 Å². The molecule has 10 heteroatoms. The van der Waals surface area contributed by atoms with Crippen molar-refractivity contribution in [1.29, 1.82) is 0 Å². The van der Waals surface area contributed by atoms with Crippen LogP contribution in [0.3, 0.4) is 0 Å². The van der Waals surface area contributed by atoms with Crippen molar-refractivity contribution in [2.45, 2.75) is 17.3 Å². The second-order valence-electron chi connectivity index (χ2n) is 4.89. The Morgan fingerprint density at radius 3 is 2.58 bits per heavy atom. The summed E-state index contributed by atoms with van der Waals surface area (Å²) in [4.78, 5) is 12.7. The average molecular weight is 387 g/mol. The third-order valence-electron chi connectivity index (χ3n) is 3.15. The van der Waals surface area contributed by atoms with E-state index < -0.39 is 22.0 Å². The molecule has 130 valence electrons. The number of hydrogen-bond donors (Lipinski definition) is 1. The van der Waals surface area contributed by atoms with E-state index in [0.29, 0.717) is 10.7 Å². The Balaban J connectivity index is 2.27. The first-order chi connectivity index (χ1) is 11.3. The first kappa shape index (κ1) is 18.8. The van der Waals surface area contributed by atoms with E-state index >= 15 is 0 Å². The molecule has 24 heavy (non-hydrogen) atoms. The minimum Gasteiger partial charge on any atom is -0.299 e. The van der Waals surface area contributed by atoms with Crippen LogP contribution in [-0.4, -0.2) is 47.9 Å². The van der Waals surface area contributed by atoms with Crippen LogP contribution in [0.1, 0.15) is 18.5 Å². The minimum atomic E-state index is -3.56. The third kappa shape index (κ3) is 4.76. The van der Waals surface area contributed by atoms with Gasteiger partial charge in [0.05, 0.1) is 6.26 Å². The molecule has 1 aromatic carbocycles. The molecule has 0 fully saturated rings. The number of carbonyl (C=O) groups excluding carboxylic acids is 1. The van der Waals surface area contributed by atoms with Gasteiger partial charge >= 0.3 is 0 Å². The molecule has 1 atom stereocenters. The Kier molecular flexibility index (Phi) is 6.33. The fourth-order valence-corrected chi connectivity index (χ4v) is 4.22. The summed E-state index contributed by atoms with van der Waals surface area (Å²) in [7, 11) is -2.18. The van der Waals surface area contributed by atoms with Gasteiger partial charge in [-0.25, -0.2) is 8.42 Å². The predicted molar refractivity (Wildman–Crippen MR) is 96.7 cm³/mol. The number of benzene rings is 1. The van der Waals surface area contributed by atoms with Crippen LogP contribution < -0.4 is 5.32 Å². The van der Waals surface area contributed by atoms with Gasteiger partial charge in [-0.1, -0.05) is 60.4 Å². The van der Waals surface area contributed by atoms with Crippen LogP contribution in [0, 0.1) is 0 Å². The van der Waals surface area contributed by atoms with E-state index in [0.717, 1.165) is 20.7 Å². The SMILES string of the molecule is CCSc1nnc(NC(=O)[C@@H](c2ccccc2)N(C)S(C)(=O)=O)s1. The highest BCUT2D eigenvalue weighted by Crippen LogP contribution is 2.27. The molecule has 1 amide bonds. The first-order valence-electron chi connectivity index (χ1n) is 7.08. The summed E-state index contributed by atoms with van der Waals surface area (Å²) >= 11 is 2.78. The number of anilines is 1. The number of hydrogen-bond acceptors (Lipinski definition) is 7. The van der Waals surface area contributed by atoms with E-state index in [1.54, 1.807) is 30.3 Å². The van der Waals surface area contributed by atoms with Crippen molar-refractivity contribution in [3.63, 3.8) is 0 Å². The van der Waals surface area contributed by atoms with Gasteiger partial charge in [-0.3, -0.25) is 10.1 Å². The molecule has 0 radical (unpaired) electrons. The first-order valence-corrected chi connectivity index (χ1v) is 10.7. The molecular formula is C14H18N4O3S3. The highest BCUT2D eigenvalue weighted by atomic mass is 32.2. The number of nitrogens with zero attached hydrogens (tertiary/aromatic N) is 3. The van der Waals surface area contributed by atoms with Crippen molar-refractivity contribution in [1.82, 2.24) is 14.5 Å². The number of thioether (sulfide) groups is 1. The Morgan fingerprint density at radius 2 is 2.00 bits per heavy atom. The lowest BCUT2D eigenvalue weighted by Gasteiger charge is -2.25. The zero-order chi connectivity index (χ0) is 17.7. The van der Waals surface area contributed by atoms with Gasteiger partial charge in [0.25, 0.3) is 0 Å². The van der Waals surface area contributed by atoms with Gasteiger partial charge in [0.1, 0.15) is 6.04 Å². The van der Waals surface area contributed by atoms with Crippen LogP contribution in [0.5, 0.6) is 0 Å². The van der Waals surface area contributed by atoms with Crippen LogP contribution in [0.4, 0.5) is 5.13 Å². The zero-order valence-electron chi connectivity index (χ0n) is 13.5. The van der Waals surface area contributed by atoms with Gasteiger partial charge in [-0.05, 0) is 11.3 Å². The Labute approximate surface area is 149 Å². The van der Waals surface area contributed by atoms with Crippen LogP contribution in [0.2, 0.25) is 0 Å². The average Bonchev–Trinajstić information content (AvgIpc) is 2.95. The molecule has 0 aliphatic carbocycles. The summed E-state index contributed by atoms with van der Waals surface area (Å²) < 4.78 is 25.6. The molecule has 0 spiro atoms. The number of carbonyl (C=O) groups is 1. The van der Waals surface area contributed by atoms with Gasteiger partial charge in [0, 0.05) is 7.05 Å². The third-order valence-corrected chi connectivity index (χ3v) is 6.27. The summed E-state index contributed by atoms with van der Waals surface area (Å²) in [5.41, 5.74) is 0.579. The lowest BCUT2D eigenvalue weighted by molar-refractivity contribution is -0.119. The van der Waals surface area contributed by atoms with Crippen molar-refractivity contribution < 1.29 is 13.2 Å². The number of nitrogens with one attached hydrogen (secondary N) is 1. The van der Waals surface area contributed by atoms with E-state index in [-0.39, 0.29) is 0 Å². The van der Waals surface area contributed by atoms with Gasteiger partial charge in [0.15, 0.2) is 4.34 Å². The number of aromatic nitrogens is 2. The van der Waals surface area contributed by atoms with E-state index in [9.17, 15) is 13.2 Å². The van der Waals surface area contributed by atoms with Crippen molar-refractivity contribution in [2.24, 2.45) is 0 Å². The van der Waals surface area contributed by atoms with Crippen LogP contribution in [0.25, 0.3) is 0 Å². The quantitative estimate of drug-likeness (QED) is 0.579. The molecule has 1 heterocycles. The minimum absolute atomic E-state index is 0.346. The topological polar surface area (TPSA) is 92.3 Å². The van der Waals surface area contributed by atoms with E-state index in [1.807, 2.05) is 6.92 Å². The standard InChI is InChI=1S/C14H18N4O3S3/c1-4-22-14-17-16-13(23-14)15-12(19)11(18(2)24(3,20)21)10-8-6-5-7-9-10/h5-9,11H,4H2,1-3H3,(H,15,16,19)/t11-/m1/s1. The maximum absolute atomic E-state index is 12.7. The number of likely N-dealkylation sites (N-methyl/N-ethyl adjacent to an activating group) is 1. The molecular weight excluding hydrogens is 368 g/mol. The fraction of sp³-hybridized carbons (Fsp3) is 0.357. The molecule has 0 saturated heterocycles. The molecule has 2 aromatic rings. The monoisotopic (exact) mass is 386 g/mol. The normalized spacial score (nSPS) is 13.0. The fourth-order valence-electron chi connectivity index (χ4n) is 1.97. The second kappa shape index (κ2) is 8.06. The molecule has 1 aromatic heterocycles. The van der Waals surface area contributed by atoms with Crippen LogP contribution in [-0.2, 0) is 14.8 Å². The number of sulfonamides is 1. The highest BCUT2D eigenvalue weighted by Gasteiger charge is 2.31. The Bertz CT molecular complexity index is 793. The number of rotatable bonds is 7. The Morgan fingerprint density at radius 1 is 1.33 bits per heavy atom. The van der Waals surface area contributed by atoms with Gasteiger partial charge < -0.3 is 0 Å². The molecule has 7 nitrogen and oxygen atoms in total. The maximum atomic E-state index is 12.7. The van der Waals surface area contributed by atoms with Crippen molar-refractivity contribution in [3.05, 3.63) is 35.9 Å². The van der Waals surface area contributed by atoms with Crippen molar-refractivity contribution >= 4 is 44.2 Å². The number of amides is 1. The summed E-state index contributed by atoms with van der Waals surface area (Å²) in [5, 5.41) is 10.9. The zero-order valence-corrected chi connectivity index (χ0v) is 15.9. The van der Waals surface area contributed by atoms with Gasteiger partial charge in [0.2, 0.25) is 21.1 Å². The lowest BCUT2D eigenvalue weighted by atomic mass is 10.1. The molecule has 0 aliphatic heterocycles. The largest absolute Gasteiger partial charge is 0.299 e. The maximum Gasteiger partial charge on any atom is 0.249 e. The summed E-state index contributed by atoms with van der Waals surface area (Å²) in [6.07, 6.45) is 1.07. The van der Waals surface area contributed by atoms with Crippen molar-refractivity contribution in [2.75, 3.05) is 24.4 Å².